The quantitative estimate of drug-likeness (QED) is 0.743. The Hall–Kier alpha value is 0.230. The van der Waals surface area contributed by atoms with Crippen molar-refractivity contribution >= 4 is 11.8 Å². The van der Waals surface area contributed by atoms with Gasteiger partial charge in [0.05, 0.1) is 12.2 Å². The van der Waals surface area contributed by atoms with Gasteiger partial charge in [-0.3, -0.25) is 0 Å². The normalized spacial score (nSPS) is 36.2. The largest absolute Gasteiger partial charge is 0.378 e. The van der Waals surface area contributed by atoms with E-state index in [-0.39, 0.29) is 5.60 Å². The van der Waals surface area contributed by atoms with Crippen LogP contribution >= 0.6 is 11.8 Å². The highest BCUT2D eigenvalue weighted by Gasteiger charge is 2.40. The fourth-order valence-electron chi connectivity index (χ4n) is 2.32. The molecule has 0 amide bonds. The maximum absolute atomic E-state index is 5.90. The van der Waals surface area contributed by atoms with Crippen LogP contribution in [0.25, 0.3) is 0 Å². The first-order chi connectivity index (χ1) is 7.35. The molecular formula is C11H21NO2S. The lowest BCUT2D eigenvalue weighted by molar-refractivity contribution is -0.0769. The van der Waals surface area contributed by atoms with Gasteiger partial charge in [-0.1, -0.05) is 0 Å². The summed E-state index contributed by atoms with van der Waals surface area (Å²) in [4.78, 5) is 0. The number of rotatable bonds is 4. The fraction of sp³-hybridized carbons (Fsp3) is 1.00. The third-order valence-corrected chi connectivity index (χ3v) is 4.62. The minimum absolute atomic E-state index is 0.0681. The van der Waals surface area contributed by atoms with E-state index in [1.165, 1.54) is 18.6 Å². The van der Waals surface area contributed by atoms with Gasteiger partial charge in [0.15, 0.2) is 0 Å². The number of hydrogen-bond donors (Lipinski definition) is 1. The van der Waals surface area contributed by atoms with Gasteiger partial charge in [-0.05, 0) is 31.6 Å². The van der Waals surface area contributed by atoms with Crippen LogP contribution in [-0.4, -0.2) is 43.0 Å². The maximum Gasteiger partial charge on any atom is 0.0947 e. The highest BCUT2D eigenvalue weighted by molar-refractivity contribution is 7.99. The van der Waals surface area contributed by atoms with Gasteiger partial charge in [-0.25, -0.2) is 0 Å². The molecule has 4 heteroatoms. The zero-order valence-electron chi connectivity index (χ0n) is 9.24. The minimum Gasteiger partial charge on any atom is -0.378 e. The van der Waals surface area contributed by atoms with Crippen molar-refractivity contribution in [2.75, 3.05) is 32.1 Å². The highest BCUT2D eigenvalue weighted by Crippen LogP contribution is 2.37. The summed E-state index contributed by atoms with van der Waals surface area (Å²) >= 11 is 2.07. The van der Waals surface area contributed by atoms with Gasteiger partial charge >= 0.3 is 0 Å². The van der Waals surface area contributed by atoms with Crippen LogP contribution in [0.5, 0.6) is 0 Å². The summed E-state index contributed by atoms with van der Waals surface area (Å²) in [6, 6.07) is 0. The Morgan fingerprint density at radius 1 is 1.40 bits per heavy atom. The van der Waals surface area contributed by atoms with E-state index in [0.717, 1.165) is 44.5 Å². The Balaban J connectivity index is 1.76. The van der Waals surface area contributed by atoms with Crippen molar-refractivity contribution in [3.63, 3.8) is 0 Å². The third kappa shape index (κ3) is 3.09. The van der Waals surface area contributed by atoms with Crippen LogP contribution in [-0.2, 0) is 9.47 Å². The highest BCUT2D eigenvalue weighted by atomic mass is 32.2. The molecule has 2 heterocycles. The molecule has 2 aliphatic rings. The van der Waals surface area contributed by atoms with Crippen molar-refractivity contribution in [2.45, 2.75) is 36.5 Å². The average Bonchev–Trinajstić information content (AvgIpc) is 2.67. The van der Waals surface area contributed by atoms with Crippen LogP contribution in [0.4, 0.5) is 0 Å². The zero-order chi connectivity index (χ0) is 10.6. The molecule has 0 bridgehead atoms. The Morgan fingerprint density at radius 3 is 3.07 bits per heavy atom. The van der Waals surface area contributed by atoms with Crippen molar-refractivity contribution in [2.24, 2.45) is 5.73 Å². The summed E-state index contributed by atoms with van der Waals surface area (Å²) in [5, 5.41) is 0.756. The summed E-state index contributed by atoms with van der Waals surface area (Å²) in [6.07, 6.45) is 4.58. The third-order valence-electron chi connectivity index (χ3n) is 3.22. The molecule has 0 radical (unpaired) electrons. The molecule has 2 unspecified atom stereocenters. The predicted molar refractivity (Wildman–Crippen MR) is 63.3 cm³/mol. The molecule has 0 aliphatic carbocycles. The molecule has 2 fully saturated rings. The van der Waals surface area contributed by atoms with Gasteiger partial charge < -0.3 is 15.2 Å². The first kappa shape index (κ1) is 11.7. The second kappa shape index (κ2) is 5.53. The van der Waals surface area contributed by atoms with Crippen LogP contribution in [0.15, 0.2) is 0 Å². The first-order valence-electron chi connectivity index (χ1n) is 5.88. The van der Waals surface area contributed by atoms with E-state index >= 15 is 0 Å². The van der Waals surface area contributed by atoms with Gasteiger partial charge in [0.25, 0.3) is 0 Å². The lowest BCUT2D eigenvalue weighted by atomic mass is 9.93. The molecule has 2 aliphatic heterocycles. The standard InChI is InChI=1S/C11H21NO2S/c12-4-1-7-15-10-2-5-14-11(8-10)3-6-13-9-11/h10H,1-9,12H2. The van der Waals surface area contributed by atoms with Crippen molar-refractivity contribution in [3.05, 3.63) is 0 Å². The van der Waals surface area contributed by atoms with Crippen LogP contribution in [0, 0.1) is 0 Å². The number of nitrogens with two attached hydrogens (primary N) is 1. The minimum atomic E-state index is 0.0681. The van der Waals surface area contributed by atoms with Crippen molar-refractivity contribution in [1.82, 2.24) is 0 Å². The monoisotopic (exact) mass is 231 g/mol. The lowest BCUT2D eigenvalue weighted by Gasteiger charge is -2.36. The summed E-state index contributed by atoms with van der Waals surface area (Å²) in [7, 11) is 0. The van der Waals surface area contributed by atoms with Crippen molar-refractivity contribution in [3.8, 4) is 0 Å². The van der Waals surface area contributed by atoms with Crippen molar-refractivity contribution < 1.29 is 9.47 Å². The summed E-state index contributed by atoms with van der Waals surface area (Å²) < 4.78 is 11.4. The summed E-state index contributed by atoms with van der Waals surface area (Å²) in [5.74, 6) is 1.19. The molecule has 0 aromatic carbocycles. The van der Waals surface area contributed by atoms with Gasteiger partial charge in [-0.2, -0.15) is 11.8 Å². The molecule has 2 rings (SSSR count). The van der Waals surface area contributed by atoms with E-state index in [0.29, 0.717) is 0 Å². The van der Waals surface area contributed by atoms with Gasteiger partial charge in [0, 0.05) is 24.9 Å². The Morgan fingerprint density at radius 2 is 2.33 bits per heavy atom. The van der Waals surface area contributed by atoms with E-state index in [1.807, 2.05) is 0 Å². The summed E-state index contributed by atoms with van der Waals surface area (Å²) in [5.41, 5.74) is 5.57. The lowest BCUT2D eigenvalue weighted by Crippen LogP contribution is -2.41. The molecule has 15 heavy (non-hydrogen) atoms. The van der Waals surface area contributed by atoms with Crippen LogP contribution in [0.3, 0.4) is 0 Å². The second-order valence-electron chi connectivity index (χ2n) is 4.46. The van der Waals surface area contributed by atoms with E-state index in [9.17, 15) is 0 Å². The van der Waals surface area contributed by atoms with Crippen LogP contribution in [0.2, 0.25) is 0 Å². The molecule has 88 valence electrons. The predicted octanol–water partition coefficient (Wildman–Crippen LogP) is 1.41. The van der Waals surface area contributed by atoms with Gasteiger partial charge in [0.2, 0.25) is 0 Å². The topological polar surface area (TPSA) is 44.5 Å². The number of hydrogen-bond acceptors (Lipinski definition) is 4. The molecule has 3 nitrogen and oxygen atoms in total. The fourth-order valence-corrected chi connectivity index (χ4v) is 3.67. The molecule has 0 aromatic rings. The van der Waals surface area contributed by atoms with Crippen molar-refractivity contribution in [1.29, 1.82) is 0 Å². The summed E-state index contributed by atoms with van der Waals surface area (Å²) in [6.45, 7) is 3.40. The molecule has 2 N–H and O–H groups in total. The Kier molecular flexibility index (Phi) is 4.31. The SMILES string of the molecule is NCCCSC1CCOC2(CCOC2)C1. The Labute approximate surface area is 96.1 Å². The number of ether oxygens (including phenoxy) is 2. The van der Waals surface area contributed by atoms with Crippen LogP contribution in [0.1, 0.15) is 25.7 Å². The smallest absolute Gasteiger partial charge is 0.0947 e. The number of thioether (sulfide) groups is 1. The molecule has 2 saturated heterocycles. The van der Waals surface area contributed by atoms with E-state index in [1.54, 1.807) is 0 Å². The maximum atomic E-state index is 5.90. The second-order valence-corrected chi connectivity index (χ2v) is 5.87. The van der Waals surface area contributed by atoms with Crippen LogP contribution < -0.4 is 5.73 Å². The van der Waals surface area contributed by atoms with Gasteiger partial charge in [0.1, 0.15) is 0 Å². The molecule has 1 spiro atoms. The molecule has 0 saturated carbocycles. The van der Waals surface area contributed by atoms with E-state index in [4.69, 9.17) is 15.2 Å². The Bertz CT molecular complexity index is 195. The van der Waals surface area contributed by atoms with E-state index in [2.05, 4.69) is 11.8 Å². The average molecular weight is 231 g/mol. The molecular weight excluding hydrogens is 210 g/mol. The molecule has 2 atom stereocenters. The zero-order valence-corrected chi connectivity index (χ0v) is 10.1. The van der Waals surface area contributed by atoms with Gasteiger partial charge in [-0.15, -0.1) is 0 Å². The molecule has 0 aromatic heterocycles. The first-order valence-corrected chi connectivity index (χ1v) is 6.93. The van der Waals surface area contributed by atoms with E-state index < -0.39 is 0 Å².